The first kappa shape index (κ1) is 11.8. The third kappa shape index (κ3) is 2.71. The summed E-state index contributed by atoms with van der Waals surface area (Å²) >= 11 is 0. The van der Waals surface area contributed by atoms with E-state index in [0.29, 0.717) is 12.0 Å². The van der Waals surface area contributed by atoms with Gasteiger partial charge in [0, 0.05) is 12.2 Å². The van der Waals surface area contributed by atoms with Crippen LogP contribution in [0.25, 0.3) is 11.1 Å². The molecule has 0 spiro atoms. The van der Waals surface area contributed by atoms with Crippen molar-refractivity contribution in [3.05, 3.63) is 59.9 Å². The summed E-state index contributed by atoms with van der Waals surface area (Å²) in [7, 11) is 0. The van der Waals surface area contributed by atoms with Gasteiger partial charge in [-0.3, -0.25) is 0 Å². The molecule has 0 fully saturated rings. The van der Waals surface area contributed by atoms with Crippen molar-refractivity contribution < 1.29 is 9.50 Å². The van der Waals surface area contributed by atoms with Crippen LogP contribution < -0.4 is 0 Å². The van der Waals surface area contributed by atoms with E-state index >= 15 is 0 Å². The van der Waals surface area contributed by atoms with Crippen LogP contribution in [0, 0.1) is 5.82 Å². The zero-order valence-electron chi connectivity index (χ0n) is 9.57. The summed E-state index contributed by atoms with van der Waals surface area (Å²) in [5.41, 5.74) is 2.62. The molecule has 0 aliphatic heterocycles. The molecule has 0 aliphatic carbocycles. The maximum atomic E-state index is 13.7. The van der Waals surface area contributed by atoms with Crippen LogP contribution in [0.3, 0.4) is 0 Å². The number of rotatable bonds is 4. The SMILES string of the molecule is OCCCc1ccccc1-c1ccccc1F. The summed E-state index contributed by atoms with van der Waals surface area (Å²) in [6.07, 6.45) is 1.46. The van der Waals surface area contributed by atoms with Crippen molar-refractivity contribution in [3.8, 4) is 11.1 Å². The quantitative estimate of drug-likeness (QED) is 0.853. The summed E-state index contributed by atoms with van der Waals surface area (Å²) < 4.78 is 13.7. The molecule has 2 heteroatoms. The second kappa shape index (κ2) is 5.60. The van der Waals surface area contributed by atoms with E-state index < -0.39 is 0 Å². The molecule has 0 radical (unpaired) electrons. The predicted molar refractivity (Wildman–Crippen MR) is 67.2 cm³/mol. The minimum Gasteiger partial charge on any atom is -0.396 e. The van der Waals surface area contributed by atoms with Gasteiger partial charge in [-0.1, -0.05) is 42.5 Å². The highest BCUT2D eigenvalue weighted by Gasteiger charge is 2.08. The molecule has 88 valence electrons. The average Bonchev–Trinajstić information content (AvgIpc) is 2.37. The van der Waals surface area contributed by atoms with Gasteiger partial charge in [-0.15, -0.1) is 0 Å². The van der Waals surface area contributed by atoms with Gasteiger partial charge in [0.15, 0.2) is 0 Å². The van der Waals surface area contributed by atoms with Gasteiger partial charge in [0.25, 0.3) is 0 Å². The lowest BCUT2D eigenvalue weighted by molar-refractivity contribution is 0.288. The highest BCUT2D eigenvalue weighted by Crippen LogP contribution is 2.26. The summed E-state index contributed by atoms with van der Waals surface area (Å²) in [5.74, 6) is -0.205. The van der Waals surface area contributed by atoms with Crippen molar-refractivity contribution in [2.45, 2.75) is 12.8 Å². The van der Waals surface area contributed by atoms with Crippen molar-refractivity contribution in [1.82, 2.24) is 0 Å². The summed E-state index contributed by atoms with van der Waals surface area (Å²) in [6.45, 7) is 0.158. The Balaban J connectivity index is 2.41. The van der Waals surface area contributed by atoms with Crippen LogP contribution in [0.5, 0.6) is 0 Å². The molecule has 17 heavy (non-hydrogen) atoms. The molecule has 0 amide bonds. The highest BCUT2D eigenvalue weighted by atomic mass is 19.1. The Morgan fingerprint density at radius 3 is 2.24 bits per heavy atom. The van der Waals surface area contributed by atoms with Crippen LogP contribution in [-0.2, 0) is 6.42 Å². The first-order valence-corrected chi connectivity index (χ1v) is 5.76. The van der Waals surface area contributed by atoms with E-state index in [1.807, 2.05) is 30.3 Å². The van der Waals surface area contributed by atoms with Crippen LogP contribution in [0.4, 0.5) is 4.39 Å². The molecule has 2 aromatic rings. The highest BCUT2D eigenvalue weighted by molar-refractivity contribution is 5.67. The van der Waals surface area contributed by atoms with Gasteiger partial charge < -0.3 is 5.11 Å². The molecule has 0 aliphatic rings. The molecule has 1 N–H and O–H groups in total. The van der Waals surface area contributed by atoms with Gasteiger partial charge in [-0.25, -0.2) is 4.39 Å². The van der Waals surface area contributed by atoms with E-state index in [2.05, 4.69) is 0 Å². The van der Waals surface area contributed by atoms with Crippen molar-refractivity contribution in [1.29, 1.82) is 0 Å². The fourth-order valence-electron chi connectivity index (χ4n) is 1.95. The number of hydrogen-bond donors (Lipinski definition) is 1. The second-order valence-electron chi connectivity index (χ2n) is 3.96. The largest absolute Gasteiger partial charge is 0.396 e. The standard InChI is InChI=1S/C15H15FO/c16-15-10-4-3-9-14(15)13-8-2-1-6-12(13)7-5-11-17/h1-4,6,8-10,17H,5,7,11H2. The molecule has 0 unspecified atom stereocenters. The Labute approximate surface area is 101 Å². The lowest BCUT2D eigenvalue weighted by Gasteiger charge is -2.09. The van der Waals surface area contributed by atoms with Gasteiger partial charge in [0.1, 0.15) is 5.82 Å². The molecule has 0 heterocycles. The Kier molecular flexibility index (Phi) is 3.89. The van der Waals surface area contributed by atoms with E-state index in [0.717, 1.165) is 17.5 Å². The molecule has 2 rings (SSSR count). The monoisotopic (exact) mass is 230 g/mol. The van der Waals surface area contributed by atoms with Crippen LogP contribution in [0.15, 0.2) is 48.5 Å². The van der Waals surface area contributed by atoms with Gasteiger partial charge in [-0.2, -0.15) is 0 Å². The van der Waals surface area contributed by atoms with Crippen LogP contribution in [0.1, 0.15) is 12.0 Å². The first-order chi connectivity index (χ1) is 8.33. The van der Waals surface area contributed by atoms with E-state index in [1.165, 1.54) is 6.07 Å². The lowest BCUT2D eigenvalue weighted by atomic mass is 9.96. The Morgan fingerprint density at radius 2 is 1.53 bits per heavy atom. The van der Waals surface area contributed by atoms with E-state index in [4.69, 9.17) is 5.11 Å². The molecule has 2 aromatic carbocycles. The molecule has 0 atom stereocenters. The van der Waals surface area contributed by atoms with E-state index in [-0.39, 0.29) is 12.4 Å². The molecular weight excluding hydrogens is 215 g/mol. The van der Waals surface area contributed by atoms with Crippen LogP contribution in [-0.4, -0.2) is 11.7 Å². The van der Waals surface area contributed by atoms with Crippen LogP contribution >= 0.6 is 0 Å². The molecular formula is C15H15FO. The van der Waals surface area contributed by atoms with Crippen molar-refractivity contribution in [2.24, 2.45) is 0 Å². The maximum Gasteiger partial charge on any atom is 0.131 e. The fourth-order valence-corrected chi connectivity index (χ4v) is 1.95. The zero-order valence-corrected chi connectivity index (χ0v) is 9.57. The third-order valence-electron chi connectivity index (χ3n) is 2.79. The zero-order chi connectivity index (χ0) is 12.1. The van der Waals surface area contributed by atoms with Crippen molar-refractivity contribution >= 4 is 0 Å². The fraction of sp³-hybridized carbons (Fsp3) is 0.200. The van der Waals surface area contributed by atoms with Crippen LogP contribution in [0.2, 0.25) is 0 Å². The number of benzene rings is 2. The number of halogens is 1. The van der Waals surface area contributed by atoms with Gasteiger partial charge in [0.2, 0.25) is 0 Å². The molecule has 0 saturated heterocycles. The van der Waals surface area contributed by atoms with Gasteiger partial charge in [0.05, 0.1) is 0 Å². The van der Waals surface area contributed by atoms with Crippen molar-refractivity contribution in [3.63, 3.8) is 0 Å². The topological polar surface area (TPSA) is 20.2 Å². The smallest absolute Gasteiger partial charge is 0.131 e. The van der Waals surface area contributed by atoms with Gasteiger partial charge in [-0.05, 0) is 30.0 Å². The third-order valence-corrected chi connectivity index (χ3v) is 2.79. The number of aliphatic hydroxyl groups is 1. The summed E-state index contributed by atoms with van der Waals surface area (Å²) in [5, 5.41) is 8.87. The number of aryl methyl sites for hydroxylation is 1. The average molecular weight is 230 g/mol. The minimum atomic E-state index is -0.205. The molecule has 1 nitrogen and oxygen atoms in total. The van der Waals surface area contributed by atoms with Gasteiger partial charge >= 0.3 is 0 Å². The predicted octanol–water partition coefficient (Wildman–Crippen LogP) is 3.42. The Hall–Kier alpha value is -1.67. The molecule has 0 saturated carbocycles. The minimum absolute atomic E-state index is 0.158. The molecule has 0 aromatic heterocycles. The first-order valence-electron chi connectivity index (χ1n) is 5.76. The number of hydrogen-bond acceptors (Lipinski definition) is 1. The lowest BCUT2D eigenvalue weighted by Crippen LogP contribution is -1.94. The Bertz CT molecular complexity index is 494. The number of aliphatic hydroxyl groups excluding tert-OH is 1. The Morgan fingerprint density at radius 1 is 0.882 bits per heavy atom. The normalized spacial score (nSPS) is 10.5. The van der Waals surface area contributed by atoms with Crippen molar-refractivity contribution in [2.75, 3.05) is 6.61 Å². The van der Waals surface area contributed by atoms with E-state index in [9.17, 15) is 4.39 Å². The summed E-state index contributed by atoms with van der Waals surface area (Å²) in [4.78, 5) is 0. The second-order valence-corrected chi connectivity index (χ2v) is 3.96. The summed E-state index contributed by atoms with van der Waals surface area (Å²) in [6, 6.07) is 14.5. The van der Waals surface area contributed by atoms with E-state index in [1.54, 1.807) is 12.1 Å². The molecule has 0 bridgehead atoms. The maximum absolute atomic E-state index is 13.7.